The summed E-state index contributed by atoms with van der Waals surface area (Å²) >= 11 is 0. The van der Waals surface area contributed by atoms with Crippen LogP contribution in [0.1, 0.15) is 17.3 Å². The summed E-state index contributed by atoms with van der Waals surface area (Å²) in [6.07, 6.45) is 0. The van der Waals surface area contributed by atoms with Gasteiger partial charge in [0, 0.05) is 12.5 Å². The number of hydrogen-bond acceptors (Lipinski definition) is 6. The highest BCUT2D eigenvalue weighted by Gasteiger charge is 2.15. The second-order valence-electron chi connectivity index (χ2n) is 3.83. The van der Waals surface area contributed by atoms with Crippen molar-refractivity contribution in [3.05, 3.63) is 17.7 Å². The Balaban J connectivity index is 3.02. The maximum atomic E-state index is 12.0. The molecule has 0 radical (unpaired) electrons. The Labute approximate surface area is 122 Å². The van der Waals surface area contributed by atoms with Crippen molar-refractivity contribution < 1.29 is 28.5 Å². The number of ether oxygens (including phenoxy) is 4. The van der Waals surface area contributed by atoms with Crippen molar-refractivity contribution in [2.45, 2.75) is 6.92 Å². The van der Waals surface area contributed by atoms with E-state index in [1.165, 1.54) is 40.4 Å². The van der Waals surface area contributed by atoms with E-state index in [0.29, 0.717) is 22.8 Å². The molecular formula is C15H16O6. The van der Waals surface area contributed by atoms with Crippen molar-refractivity contribution in [3.8, 4) is 29.1 Å². The lowest BCUT2D eigenvalue weighted by Crippen LogP contribution is -2.02. The number of rotatable bonds is 5. The average Bonchev–Trinajstić information content (AvgIpc) is 2.49. The van der Waals surface area contributed by atoms with Crippen LogP contribution in [0.4, 0.5) is 0 Å². The van der Waals surface area contributed by atoms with Crippen molar-refractivity contribution in [2.24, 2.45) is 0 Å². The third-order valence-electron chi connectivity index (χ3n) is 2.48. The molecule has 0 atom stereocenters. The topological polar surface area (TPSA) is 71.1 Å². The van der Waals surface area contributed by atoms with E-state index in [-0.39, 0.29) is 6.61 Å². The van der Waals surface area contributed by atoms with Crippen LogP contribution in [0.5, 0.6) is 17.2 Å². The molecule has 0 bridgehead atoms. The summed E-state index contributed by atoms with van der Waals surface area (Å²) < 4.78 is 20.1. The number of ketones is 1. The molecule has 21 heavy (non-hydrogen) atoms. The first-order valence-corrected chi connectivity index (χ1v) is 6.00. The van der Waals surface area contributed by atoms with Gasteiger partial charge in [0.1, 0.15) is 0 Å². The van der Waals surface area contributed by atoms with E-state index in [1.807, 2.05) is 0 Å². The molecule has 0 N–H and O–H groups in total. The molecule has 6 nitrogen and oxygen atoms in total. The van der Waals surface area contributed by atoms with E-state index in [9.17, 15) is 9.59 Å². The van der Waals surface area contributed by atoms with Gasteiger partial charge < -0.3 is 18.9 Å². The van der Waals surface area contributed by atoms with Gasteiger partial charge in [0.25, 0.3) is 0 Å². The predicted molar refractivity (Wildman–Crippen MR) is 74.8 cm³/mol. The molecule has 0 unspecified atom stereocenters. The molecule has 0 heterocycles. The minimum Gasteiger partial charge on any atom is -0.493 e. The minimum absolute atomic E-state index is 0.133. The number of hydrogen-bond donors (Lipinski definition) is 0. The second kappa shape index (κ2) is 7.80. The first-order chi connectivity index (χ1) is 10.0. The summed E-state index contributed by atoms with van der Waals surface area (Å²) in [4.78, 5) is 22.5. The first kappa shape index (κ1) is 16.4. The summed E-state index contributed by atoms with van der Waals surface area (Å²) in [5, 5.41) is 0. The molecule has 0 saturated heterocycles. The zero-order valence-electron chi connectivity index (χ0n) is 12.3. The molecule has 0 saturated carbocycles. The van der Waals surface area contributed by atoms with Gasteiger partial charge in [-0.1, -0.05) is 5.92 Å². The average molecular weight is 292 g/mol. The molecular weight excluding hydrogens is 276 g/mol. The zero-order valence-corrected chi connectivity index (χ0v) is 12.3. The smallest absolute Gasteiger partial charge is 0.303 e. The lowest BCUT2D eigenvalue weighted by molar-refractivity contribution is -0.139. The highest BCUT2D eigenvalue weighted by atomic mass is 16.5. The SMILES string of the molecule is COc1cc(C(=O)C#CCOC(C)=O)cc(OC)c1OC. The maximum absolute atomic E-state index is 12.0. The van der Waals surface area contributed by atoms with Gasteiger partial charge in [-0.05, 0) is 18.1 Å². The number of benzene rings is 1. The van der Waals surface area contributed by atoms with Gasteiger partial charge in [-0.25, -0.2) is 0 Å². The summed E-state index contributed by atoms with van der Waals surface area (Å²) in [5.41, 5.74) is 0.292. The van der Waals surface area contributed by atoms with Crippen LogP contribution in [0.15, 0.2) is 12.1 Å². The van der Waals surface area contributed by atoms with Crippen LogP contribution in [-0.4, -0.2) is 39.7 Å². The fourth-order valence-electron chi connectivity index (χ4n) is 1.54. The van der Waals surface area contributed by atoms with Crippen LogP contribution in [-0.2, 0) is 9.53 Å². The standard InChI is InChI=1S/C15H16O6/c1-10(16)21-7-5-6-12(17)11-8-13(18-2)15(20-4)14(9-11)19-3/h8-9H,7H2,1-4H3. The Bertz CT molecular complexity index is 569. The molecule has 0 fully saturated rings. The Morgan fingerprint density at radius 3 is 2.05 bits per heavy atom. The Kier molecular flexibility index (Phi) is 6.08. The van der Waals surface area contributed by atoms with E-state index in [2.05, 4.69) is 16.6 Å². The van der Waals surface area contributed by atoms with Crippen LogP contribution >= 0.6 is 0 Å². The van der Waals surface area contributed by atoms with Crippen LogP contribution < -0.4 is 14.2 Å². The summed E-state index contributed by atoms with van der Waals surface area (Å²) in [6, 6.07) is 3.01. The highest BCUT2D eigenvalue weighted by molar-refractivity contribution is 6.09. The molecule has 0 amide bonds. The molecule has 6 heteroatoms. The molecule has 112 valence electrons. The van der Waals surface area contributed by atoms with Crippen LogP contribution in [0.3, 0.4) is 0 Å². The quantitative estimate of drug-likeness (QED) is 0.354. The summed E-state index contributed by atoms with van der Waals surface area (Å²) in [5.74, 6) is 5.06. The summed E-state index contributed by atoms with van der Waals surface area (Å²) in [6.45, 7) is 1.13. The lowest BCUT2D eigenvalue weighted by Gasteiger charge is -2.12. The minimum atomic E-state index is -0.454. The molecule has 0 aliphatic heterocycles. The van der Waals surface area contributed by atoms with Crippen molar-refractivity contribution >= 4 is 11.8 Å². The normalized spacial score (nSPS) is 9.14. The molecule has 1 rings (SSSR count). The third-order valence-corrected chi connectivity index (χ3v) is 2.48. The Morgan fingerprint density at radius 2 is 1.62 bits per heavy atom. The van der Waals surface area contributed by atoms with Gasteiger partial charge in [-0.15, -0.1) is 0 Å². The predicted octanol–water partition coefficient (Wildman–Crippen LogP) is 1.46. The molecule has 0 spiro atoms. The van der Waals surface area contributed by atoms with Crippen LogP contribution in [0.2, 0.25) is 0 Å². The van der Waals surface area contributed by atoms with Crippen molar-refractivity contribution in [3.63, 3.8) is 0 Å². The number of carbonyl (C=O) groups excluding carboxylic acids is 2. The molecule has 1 aromatic rings. The highest BCUT2D eigenvalue weighted by Crippen LogP contribution is 2.38. The number of Topliss-reactive ketones (excluding diaryl/α,β-unsaturated/α-hetero) is 1. The number of carbonyl (C=O) groups is 2. The fraction of sp³-hybridized carbons (Fsp3) is 0.333. The first-order valence-electron chi connectivity index (χ1n) is 6.00. The molecule has 0 aliphatic carbocycles. The van der Waals surface area contributed by atoms with E-state index in [0.717, 1.165) is 0 Å². The maximum Gasteiger partial charge on any atom is 0.303 e. The van der Waals surface area contributed by atoms with E-state index < -0.39 is 11.8 Å². The van der Waals surface area contributed by atoms with Gasteiger partial charge in [-0.3, -0.25) is 9.59 Å². The number of methoxy groups -OCH3 is 3. The molecule has 0 aliphatic rings. The van der Waals surface area contributed by atoms with Crippen LogP contribution in [0, 0.1) is 11.8 Å². The Hall–Kier alpha value is -2.68. The van der Waals surface area contributed by atoms with Gasteiger partial charge in [0.15, 0.2) is 18.1 Å². The van der Waals surface area contributed by atoms with Gasteiger partial charge in [0.2, 0.25) is 11.5 Å². The van der Waals surface area contributed by atoms with E-state index >= 15 is 0 Å². The zero-order chi connectivity index (χ0) is 15.8. The largest absolute Gasteiger partial charge is 0.493 e. The monoisotopic (exact) mass is 292 g/mol. The van der Waals surface area contributed by atoms with Crippen molar-refractivity contribution in [2.75, 3.05) is 27.9 Å². The van der Waals surface area contributed by atoms with E-state index in [1.54, 1.807) is 0 Å². The molecule has 0 aromatic heterocycles. The van der Waals surface area contributed by atoms with Gasteiger partial charge >= 0.3 is 5.97 Å². The van der Waals surface area contributed by atoms with Gasteiger partial charge in [0.05, 0.1) is 21.3 Å². The summed E-state index contributed by atoms with van der Waals surface area (Å²) in [7, 11) is 4.39. The van der Waals surface area contributed by atoms with Gasteiger partial charge in [-0.2, -0.15) is 0 Å². The van der Waals surface area contributed by atoms with Crippen molar-refractivity contribution in [1.29, 1.82) is 0 Å². The van der Waals surface area contributed by atoms with Crippen LogP contribution in [0.25, 0.3) is 0 Å². The number of esters is 1. The Morgan fingerprint density at radius 1 is 1.05 bits per heavy atom. The third kappa shape index (κ3) is 4.42. The molecule has 1 aromatic carbocycles. The second-order valence-corrected chi connectivity index (χ2v) is 3.83. The fourth-order valence-corrected chi connectivity index (χ4v) is 1.54. The van der Waals surface area contributed by atoms with E-state index in [4.69, 9.17) is 14.2 Å². The lowest BCUT2D eigenvalue weighted by atomic mass is 10.1. The van der Waals surface area contributed by atoms with Crippen molar-refractivity contribution in [1.82, 2.24) is 0 Å².